The van der Waals surface area contributed by atoms with Crippen LogP contribution >= 0.6 is 11.6 Å². The van der Waals surface area contributed by atoms with Gasteiger partial charge in [-0.1, -0.05) is 29.8 Å². The van der Waals surface area contributed by atoms with Crippen molar-refractivity contribution in [2.24, 2.45) is 0 Å². The minimum Gasteiger partial charge on any atom is -0.350 e. The summed E-state index contributed by atoms with van der Waals surface area (Å²) >= 11 is 6.01. The smallest absolute Gasteiger partial charge is 0.223 e. The van der Waals surface area contributed by atoms with E-state index in [0.717, 1.165) is 49.8 Å². The largest absolute Gasteiger partial charge is 0.350 e. The first kappa shape index (κ1) is 20.9. The Morgan fingerprint density at radius 3 is 2.77 bits per heavy atom. The predicted octanol–water partition coefficient (Wildman–Crippen LogP) is 4.46. The summed E-state index contributed by atoms with van der Waals surface area (Å²) < 4.78 is 0. The minimum absolute atomic E-state index is 0.0719. The van der Waals surface area contributed by atoms with Crippen LogP contribution in [0.5, 0.6) is 0 Å². The molecule has 0 spiro atoms. The molecule has 0 saturated carbocycles. The Bertz CT molecular complexity index is 887. The number of carbonyl (C=O) groups excluding carboxylic acids is 2. The number of rotatable bonds is 6. The molecule has 1 N–H and O–H groups in total. The molecule has 30 heavy (non-hydrogen) atoms. The Balaban J connectivity index is 1.45. The molecule has 0 unspecified atom stereocenters. The molecule has 2 amide bonds. The molecule has 6 heteroatoms. The van der Waals surface area contributed by atoms with Crippen LogP contribution in [0.25, 0.3) is 0 Å². The van der Waals surface area contributed by atoms with E-state index in [1.165, 1.54) is 0 Å². The average molecular weight is 426 g/mol. The third-order valence-electron chi connectivity index (χ3n) is 6.40. The molecule has 2 saturated heterocycles. The molecule has 4 rings (SSSR count). The standard InChI is InChI=1S/C24H28ClN3O2/c25-20-8-6-18(7-9-20)16-24(12-10-22(29)27-24)13-11-23(30)28-15-2-1-5-21(28)19-4-3-14-26-17-19/h3-4,6-9,14,17,21H,1-2,5,10-13,15-16H2,(H,27,29)/t21-,24+/m0/s1. The number of nitrogens with zero attached hydrogens (tertiary/aromatic N) is 2. The topological polar surface area (TPSA) is 62.3 Å². The highest BCUT2D eigenvalue weighted by Gasteiger charge is 2.39. The Labute approximate surface area is 182 Å². The van der Waals surface area contributed by atoms with E-state index in [-0.39, 0.29) is 23.4 Å². The van der Waals surface area contributed by atoms with E-state index in [1.54, 1.807) is 6.20 Å². The summed E-state index contributed by atoms with van der Waals surface area (Å²) in [4.78, 5) is 31.5. The Morgan fingerprint density at radius 1 is 1.23 bits per heavy atom. The van der Waals surface area contributed by atoms with Gasteiger partial charge in [0.25, 0.3) is 0 Å². The number of likely N-dealkylation sites (tertiary alicyclic amines) is 1. The summed E-state index contributed by atoms with van der Waals surface area (Å²) in [5, 5.41) is 3.88. The zero-order valence-corrected chi connectivity index (χ0v) is 17.9. The van der Waals surface area contributed by atoms with Gasteiger partial charge in [-0.3, -0.25) is 14.6 Å². The van der Waals surface area contributed by atoms with Crippen LogP contribution in [0.15, 0.2) is 48.8 Å². The first-order chi connectivity index (χ1) is 14.5. The fraction of sp³-hybridized carbons (Fsp3) is 0.458. The van der Waals surface area contributed by atoms with E-state index in [0.29, 0.717) is 24.3 Å². The number of halogens is 1. The van der Waals surface area contributed by atoms with E-state index in [2.05, 4.69) is 16.4 Å². The summed E-state index contributed by atoms with van der Waals surface area (Å²) in [6, 6.07) is 11.8. The molecule has 5 nitrogen and oxygen atoms in total. The lowest BCUT2D eigenvalue weighted by Gasteiger charge is -2.37. The summed E-state index contributed by atoms with van der Waals surface area (Å²) in [5.74, 6) is 0.239. The van der Waals surface area contributed by atoms with Crippen molar-refractivity contribution < 1.29 is 9.59 Å². The van der Waals surface area contributed by atoms with Crippen molar-refractivity contribution >= 4 is 23.4 Å². The number of nitrogens with one attached hydrogen (secondary N) is 1. The first-order valence-electron chi connectivity index (χ1n) is 10.8. The highest BCUT2D eigenvalue weighted by Crippen LogP contribution is 2.34. The maximum atomic E-state index is 13.2. The number of hydrogen-bond acceptors (Lipinski definition) is 3. The summed E-state index contributed by atoms with van der Waals surface area (Å²) in [6.07, 6.45) is 9.85. The lowest BCUT2D eigenvalue weighted by molar-refractivity contribution is -0.135. The maximum absolute atomic E-state index is 13.2. The van der Waals surface area contributed by atoms with Gasteiger partial charge in [-0.2, -0.15) is 0 Å². The molecular weight excluding hydrogens is 398 g/mol. The number of hydrogen-bond donors (Lipinski definition) is 1. The van der Waals surface area contributed by atoms with Crippen LogP contribution in [0.4, 0.5) is 0 Å². The molecule has 0 bridgehead atoms. The van der Waals surface area contributed by atoms with Gasteiger partial charge in [0.15, 0.2) is 0 Å². The van der Waals surface area contributed by atoms with Crippen LogP contribution < -0.4 is 5.32 Å². The van der Waals surface area contributed by atoms with Gasteiger partial charge < -0.3 is 10.2 Å². The van der Waals surface area contributed by atoms with Crippen molar-refractivity contribution in [3.05, 3.63) is 64.9 Å². The number of carbonyl (C=O) groups is 2. The molecule has 3 heterocycles. The van der Waals surface area contributed by atoms with Crippen molar-refractivity contribution in [2.75, 3.05) is 6.54 Å². The third kappa shape index (κ3) is 4.84. The van der Waals surface area contributed by atoms with Gasteiger partial charge in [0.2, 0.25) is 11.8 Å². The van der Waals surface area contributed by atoms with Crippen molar-refractivity contribution in [3.63, 3.8) is 0 Å². The normalized spacial score (nSPS) is 24.0. The maximum Gasteiger partial charge on any atom is 0.223 e. The Kier molecular flexibility index (Phi) is 6.38. The Morgan fingerprint density at radius 2 is 2.07 bits per heavy atom. The number of benzene rings is 1. The molecule has 2 fully saturated rings. The molecule has 2 aliphatic heterocycles. The third-order valence-corrected chi connectivity index (χ3v) is 6.65. The van der Waals surface area contributed by atoms with Crippen LogP contribution in [-0.2, 0) is 16.0 Å². The van der Waals surface area contributed by atoms with Gasteiger partial charge in [0.1, 0.15) is 0 Å². The van der Waals surface area contributed by atoms with E-state index in [9.17, 15) is 9.59 Å². The minimum atomic E-state index is -0.361. The molecule has 0 radical (unpaired) electrons. The molecule has 1 aromatic heterocycles. The van der Waals surface area contributed by atoms with Gasteiger partial charge in [0, 0.05) is 42.3 Å². The van der Waals surface area contributed by atoms with Gasteiger partial charge >= 0.3 is 0 Å². The van der Waals surface area contributed by atoms with Crippen molar-refractivity contribution in [1.82, 2.24) is 15.2 Å². The summed E-state index contributed by atoms with van der Waals surface area (Å²) in [6.45, 7) is 0.787. The molecule has 2 atom stereocenters. The van der Waals surface area contributed by atoms with E-state index >= 15 is 0 Å². The highest BCUT2D eigenvalue weighted by molar-refractivity contribution is 6.30. The van der Waals surface area contributed by atoms with Crippen LogP contribution in [0.1, 0.15) is 62.1 Å². The van der Waals surface area contributed by atoms with Crippen LogP contribution in [-0.4, -0.2) is 33.8 Å². The van der Waals surface area contributed by atoms with Gasteiger partial charge in [-0.05, 0) is 67.9 Å². The molecule has 2 aromatic rings. The Hall–Kier alpha value is -2.40. The second-order valence-electron chi connectivity index (χ2n) is 8.52. The van der Waals surface area contributed by atoms with Crippen molar-refractivity contribution in [1.29, 1.82) is 0 Å². The monoisotopic (exact) mass is 425 g/mol. The van der Waals surface area contributed by atoms with Crippen molar-refractivity contribution in [2.45, 2.75) is 62.9 Å². The van der Waals surface area contributed by atoms with Crippen LogP contribution in [0.2, 0.25) is 5.02 Å². The lowest BCUT2D eigenvalue weighted by atomic mass is 9.84. The number of amides is 2. The molecule has 1 aromatic carbocycles. The van der Waals surface area contributed by atoms with Crippen molar-refractivity contribution in [3.8, 4) is 0 Å². The van der Waals surface area contributed by atoms with E-state index in [1.807, 2.05) is 41.4 Å². The fourth-order valence-electron chi connectivity index (χ4n) is 4.81. The second-order valence-corrected chi connectivity index (χ2v) is 8.95. The average Bonchev–Trinajstić information content (AvgIpc) is 3.15. The van der Waals surface area contributed by atoms with Gasteiger partial charge in [-0.15, -0.1) is 0 Å². The lowest BCUT2D eigenvalue weighted by Crippen LogP contribution is -2.45. The summed E-state index contributed by atoms with van der Waals surface area (Å²) in [7, 11) is 0. The number of pyridine rings is 1. The SMILES string of the molecule is O=C1CC[C@@](CCC(=O)N2CCCC[C@H]2c2cccnc2)(Cc2ccc(Cl)cc2)N1. The number of aromatic nitrogens is 1. The molecular formula is C24H28ClN3O2. The van der Waals surface area contributed by atoms with E-state index < -0.39 is 0 Å². The first-order valence-corrected chi connectivity index (χ1v) is 11.2. The fourth-order valence-corrected chi connectivity index (χ4v) is 4.94. The summed E-state index contributed by atoms with van der Waals surface area (Å²) in [5.41, 5.74) is 1.87. The second kappa shape index (κ2) is 9.17. The van der Waals surface area contributed by atoms with Crippen LogP contribution in [0, 0.1) is 0 Å². The van der Waals surface area contributed by atoms with E-state index in [4.69, 9.17) is 11.6 Å². The molecule has 158 valence electrons. The zero-order valence-electron chi connectivity index (χ0n) is 17.1. The number of piperidine rings is 1. The highest BCUT2D eigenvalue weighted by atomic mass is 35.5. The van der Waals surface area contributed by atoms with Gasteiger partial charge in [-0.25, -0.2) is 0 Å². The predicted molar refractivity (Wildman–Crippen MR) is 117 cm³/mol. The quantitative estimate of drug-likeness (QED) is 0.743. The molecule has 2 aliphatic rings. The zero-order chi connectivity index (χ0) is 21.0. The van der Waals surface area contributed by atoms with Gasteiger partial charge in [0.05, 0.1) is 6.04 Å². The van der Waals surface area contributed by atoms with Crippen LogP contribution in [0.3, 0.4) is 0 Å². The molecule has 0 aliphatic carbocycles.